The van der Waals surface area contributed by atoms with Crippen LogP contribution in [-0.2, 0) is 4.74 Å². The molecule has 1 rings (SSSR count). The average Bonchev–Trinajstić information content (AvgIpc) is 2.35. The first-order valence-electron chi connectivity index (χ1n) is 4.81. The second-order valence-electron chi connectivity index (χ2n) is 3.32. The standard InChI is InChI=1S/C11H8F6O2/c1-18-5-19-8-4-6(2-3-7(8)12)9(13)10(14)11(15,16)17/h2-4H,5H2,1H3. The maximum Gasteiger partial charge on any atom is 0.445 e. The summed E-state index contributed by atoms with van der Waals surface area (Å²) in [5.41, 5.74) is -0.790. The van der Waals surface area contributed by atoms with Gasteiger partial charge in [-0.05, 0) is 18.2 Å². The maximum absolute atomic E-state index is 13.2. The van der Waals surface area contributed by atoms with Gasteiger partial charge in [0.05, 0.1) is 0 Å². The summed E-state index contributed by atoms with van der Waals surface area (Å²) in [7, 11) is 1.23. The minimum Gasteiger partial charge on any atom is -0.464 e. The van der Waals surface area contributed by atoms with Gasteiger partial charge in [-0.3, -0.25) is 0 Å². The first-order chi connectivity index (χ1) is 8.77. The summed E-state index contributed by atoms with van der Waals surface area (Å²) in [4.78, 5) is 0. The number of rotatable bonds is 4. The van der Waals surface area contributed by atoms with Gasteiger partial charge in [-0.1, -0.05) is 0 Å². The van der Waals surface area contributed by atoms with Crippen LogP contribution in [0.5, 0.6) is 5.75 Å². The monoisotopic (exact) mass is 286 g/mol. The highest BCUT2D eigenvalue weighted by Crippen LogP contribution is 2.35. The van der Waals surface area contributed by atoms with Crippen LogP contribution in [0.1, 0.15) is 5.56 Å². The Morgan fingerprint density at radius 1 is 1.21 bits per heavy atom. The number of hydrogen-bond acceptors (Lipinski definition) is 2. The molecule has 0 aromatic heterocycles. The Kier molecular flexibility index (Phi) is 4.82. The molecular weight excluding hydrogens is 278 g/mol. The van der Waals surface area contributed by atoms with Gasteiger partial charge < -0.3 is 9.47 Å². The van der Waals surface area contributed by atoms with Gasteiger partial charge in [0.1, 0.15) is 0 Å². The largest absolute Gasteiger partial charge is 0.464 e. The van der Waals surface area contributed by atoms with Crippen LogP contribution >= 0.6 is 0 Å². The van der Waals surface area contributed by atoms with E-state index in [1.165, 1.54) is 7.11 Å². The molecule has 0 aliphatic carbocycles. The van der Waals surface area contributed by atoms with Crippen molar-refractivity contribution in [2.24, 2.45) is 0 Å². The molecule has 0 N–H and O–H groups in total. The molecule has 0 atom stereocenters. The van der Waals surface area contributed by atoms with Gasteiger partial charge in [-0.2, -0.15) is 17.6 Å². The predicted molar refractivity (Wildman–Crippen MR) is 54.1 cm³/mol. The number of methoxy groups -OCH3 is 1. The van der Waals surface area contributed by atoms with Gasteiger partial charge in [0.15, 0.2) is 24.2 Å². The number of allylic oxidation sites excluding steroid dienone is 1. The Labute approximate surface area is 104 Å². The normalized spacial score (nSPS) is 13.2. The number of ether oxygens (including phenoxy) is 2. The van der Waals surface area contributed by atoms with E-state index >= 15 is 0 Å². The zero-order valence-corrected chi connectivity index (χ0v) is 9.52. The molecule has 8 heteroatoms. The molecule has 0 heterocycles. The molecule has 0 aliphatic rings. The molecule has 2 nitrogen and oxygen atoms in total. The zero-order chi connectivity index (χ0) is 14.6. The van der Waals surface area contributed by atoms with Gasteiger partial charge in [-0.15, -0.1) is 0 Å². The van der Waals surface area contributed by atoms with Crippen LogP contribution in [0.15, 0.2) is 24.0 Å². The highest BCUT2D eigenvalue weighted by atomic mass is 19.4. The van der Waals surface area contributed by atoms with Gasteiger partial charge in [0.2, 0.25) is 5.83 Å². The maximum atomic E-state index is 13.2. The van der Waals surface area contributed by atoms with Crippen molar-refractivity contribution in [3.8, 4) is 5.75 Å². The Hall–Kier alpha value is -1.70. The summed E-state index contributed by atoms with van der Waals surface area (Å²) >= 11 is 0. The van der Waals surface area contributed by atoms with Crippen molar-refractivity contribution < 1.29 is 35.8 Å². The van der Waals surface area contributed by atoms with Gasteiger partial charge >= 0.3 is 6.18 Å². The fourth-order valence-electron chi connectivity index (χ4n) is 1.12. The van der Waals surface area contributed by atoms with E-state index in [9.17, 15) is 26.3 Å². The Balaban J connectivity index is 3.15. The quantitative estimate of drug-likeness (QED) is 0.615. The molecule has 0 unspecified atom stereocenters. The van der Waals surface area contributed by atoms with Crippen molar-refractivity contribution in [2.75, 3.05) is 13.9 Å². The molecule has 0 fully saturated rings. The van der Waals surface area contributed by atoms with Crippen molar-refractivity contribution in [3.05, 3.63) is 35.4 Å². The molecule has 0 radical (unpaired) electrons. The molecule has 1 aromatic carbocycles. The van der Waals surface area contributed by atoms with Crippen molar-refractivity contribution in [3.63, 3.8) is 0 Å². The number of hydrogen-bond donors (Lipinski definition) is 0. The van der Waals surface area contributed by atoms with Crippen LogP contribution in [0.2, 0.25) is 0 Å². The first kappa shape index (κ1) is 15.4. The van der Waals surface area contributed by atoms with E-state index in [0.717, 1.165) is 0 Å². The molecule has 0 saturated carbocycles. The number of halogens is 6. The summed E-state index contributed by atoms with van der Waals surface area (Å²) < 4.78 is 84.1. The van der Waals surface area contributed by atoms with Crippen molar-refractivity contribution >= 4 is 5.83 Å². The second-order valence-corrected chi connectivity index (χ2v) is 3.32. The third-order valence-corrected chi connectivity index (χ3v) is 1.96. The van der Waals surface area contributed by atoms with E-state index in [4.69, 9.17) is 0 Å². The Morgan fingerprint density at radius 2 is 1.84 bits per heavy atom. The van der Waals surface area contributed by atoms with Gasteiger partial charge in [0.25, 0.3) is 0 Å². The molecular formula is C11H8F6O2. The van der Waals surface area contributed by atoms with Crippen LogP contribution in [0.25, 0.3) is 5.83 Å². The lowest BCUT2D eigenvalue weighted by molar-refractivity contribution is -0.108. The molecule has 0 amide bonds. The summed E-state index contributed by atoms with van der Waals surface area (Å²) in [5.74, 6) is -6.53. The third-order valence-electron chi connectivity index (χ3n) is 1.96. The summed E-state index contributed by atoms with van der Waals surface area (Å²) in [5, 5.41) is 0. The van der Waals surface area contributed by atoms with Crippen LogP contribution in [0.4, 0.5) is 26.3 Å². The van der Waals surface area contributed by atoms with Crippen LogP contribution in [-0.4, -0.2) is 20.1 Å². The Bertz CT molecular complexity index is 481. The SMILES string of the molecule is COCOc1cc(C(F)=C(F)C(F)(F)F)ccc1F. The van der Waals surface area contributed by atoms with Crippen molar-refractivity contribution in [2.45, 2.75) is 6.18 Å². The number of alkyl halides is 3. The molecule has 1 aromatic rings. The molecule has 0 spiro atoms. The molecule has 0 aliphatic heterocycles. The first-order valence-corrected chi connectivity index (χ1v) is 4.81. The minimum atomic E-state index is -5.45. The van der Waals surface area contributed by atoms with Crippen LogP contribution < -0.4 is 4.74 Å². The van der Waals surface area contributed by atoms with E-state index in [0.29, 0.717) is 18.2 Å². The van der Waals surface area contributed by atoms with Gasteiger partial charge in [0, 0.05) is 12.7 Å². The smallest absolute Gasteiger partial charge is 0.445 e. The van der Waals surface area contributed by atoms with Crippen molar-refractivity contribution in [1.29, 1.82) is 0 Å². The highest BCUT2D eigenvalue weighted by Gasteiger charge is 2.38. The lowest BCUT2D eigenvalue weighted by atomic mass is 10.1. The Morgan fingerprint density at radius 3 is 2.37 bits per heavy atom. The fourth-order valence-corrected chi connectivity index (χ4v) is 1.12. The summed E-state index contributed by atoms with van der Waals surface area (Å²) in [6.45, 7) is -0.395. The fraction of sp³-hybridized carbons (Fsp3) is 0.273. The van der Waals surface area contributed by atoms with E-state index in [1.54, 1.807) is 0 Å². The molecule has 106 valence electrons. The van der Waals surface area contributed by atoms with Crippen LogP contribution in [0.3, 0.4) is 0 Å². The van der Waals surface area contributed by atoms with Gasteiger partial charge in [-0.25, -0.2) is 8.78 Å². The van der Waals surface area contributed by atoms with E-state index in [-0.39, 0.29) is 0 Å². The molecule has 0 saturated heterocycles. The molecule has 19 heavy (non-hydrogen) atoms. The van der Waals surface area contributed by atoms with Crippen molar-refractivity contribution in [1.82, 2.24) is 0 Å². The lowest BCUT2D eigenvalue weighted by Crippen LogP contribution is -2.09. The molecule has 0 bridgehead atoms. The zero-order valence-electron chi connectivity index (χ0n) is 9.52. The average molecular weight is 286 g/mol. The van der Waals surface area contributed by atoms with E-state index < -0.39 is 41.8 Å². The minimum absolute atomic E-state index is 0.395. The summed E-state index contributed by atoms with van der Waals surface area (Å²) in [6, 6.07) is 1.92. The predicted octanol–water partition coefficient (Wildman–Crippen LogP) is 3.98. The number of benzene rings is 1. The highest BCUT2D eigenvalue weighted by molar-refractivity contribution is 5.63. The van der Waals surface area contributed by atoms with Crippen LogP contribution in [0, 0.1) is 5.82 Å². The van der Waals surface area contributed by atoms with E-state index in [2.05, 4.69) is 9.47 Å². The second kappa shape index (κ2) is 5.96. The third kappa shape index (κ3) is 3.88. The van der Waals surface area contributed by atoms with E-state index in [1.807, 2.05) is 0 Å². The summed E-state index contributed by atoms with van der Waals surface area (Å²) in [6.07, 6.45) is -5.45. The topological polar surface area (TPSA) is 18.5 Å². The lowest BCUT2D eigenvalue weighted by Gasteiger charge is -2.09.